The second-order valence-corrected chi connectivity index (χ2v) is 4.45. The van der Waals surface area contributed by atoms with Gasteiger partial charge in [-0.2, -0.15) is 11.3 Å². The van der Waals surface area contributed by atoms with Gasteiger partial charge in [0, 0.05) is 18.0 Å². The molecule has 2 aromatic heterocycles. The SMILES string of the molecule is CC(C)c1cncc(-c2ccsc2)c1. The van der Waals surface area contributed by atoms with Gasteiger partial charge in [-0.3, -0.25) is 4.98 Å². The van der Waals surface area contributed by atoms with Crippen LogP contribution in [0.3, 0.4) is 0 Å². The molecule has 0 atom stereocenters. The third-order valence-electron chi connectivity index (χ3n) is 2.28. The average Bonchev–Trinajstić information content (AvgIpc) is 2.71. The monoisotopic (exact) mass is 203 g/mol. The summed E-state index contributed by atoms with van der Waals surface area (Å²) in [7, 11) is 0. The molecule has 0 saturated carbocycles. The van der Waals surface area contributed by atoms with Crippen LogP contribution in [0.4, 0.5) is 0 Å². The first-order valence-corrected chi connectivity index (χ1v) is 5.69. The van der Waals surface area contributed by atoms with Gasteiger partial charge in [-0.25, -0.2) is 0 Å². The van der Waals surface area contributed by atoms with E-state index in [2.05, 4.69) is 41.7 Å². The third kappa shape index (κ3) is 1.85. The molecule has 0 aliphatic heterocycles. The lowest BCUT2D eigenvalue weighted by molar-refractivity contribution is 0.859. The Bertz CT molecular complexity index is 404. The lowest BCUT2D eigenvalue weighted by atomic mass is 10.0. The fraction of sp³-hybridized carbons (Fsp3) is 0.250. The Kier molecular flexibility index (Phi) is 2.64. The number of nitrogens with zero attached hydrogens (tertiary/aromatic N) is 1. The van der Waals surface area contributed by atoms with Gasteiger partial charge in [0.1, 0.15) is 0 Å². The second kappa shape index (κ2) is 3.93. The highest BCUT2D eigenvalue weighted by Gasteiger charge is 2.02. The molecular weight excluding hydrogens is 190 g/mol. The fourth-order valence-corrected chi connectivity index (χ4v) is 2.03. The van der Waals surface area contributed by atoms with Crippen LogP contribution >= 0.6 is 11.3 Å². The number of aromatic nitrogens is 1. The highest BCUT2D eigenvalue weighted by molar-refractivity contribution is 7.08. The van der Waals surface area contributed by atoms with Gasteiger partial charge >= 0.3 is 0 Å². The molecule has 0 N–H and O–H groups in total. The lowest BCUT2D eigenvalue weighted by Crippen LogP contribution is -1.89. The van der Waals surface area contributed by atoms with Crippen LogP contribution in [0, 0.1) is 0 Å². The summed E-state index contributed by atoms with van der Waals surface area (Å²) >= 11 is 1.72. The molecule has 0 saturated heterocycles. The number of hydrogen-bond acceptors (Lipinski definition) is 2. The molecule has 2 heterocycles. The highest BCUT2D eigenvalue weighted by Crippen LogP contribution is 2.24. The van der Waals surface area contributed by atoms with Crippen LogP contribution in [0.5, 0.6) is 0 Å². The first-order valence-electron chi connectivity index (χ1n) is 4.75. The first-order chi connectivity index (χ1) is 6.77. The van der Waals surface area contributed by atoms with Gasteiger partial charge in [0.15, 0.2) is 0 Å². The molecule has 2 aromatic rings. The summed E-state index contributed by atoms with van der Waals surface area (Å²) in [6.45, 7) is 4.38. The topological polar surface area (TPSA) is 12.9 Å². The molecule has 0 bridgehead atoms. The van der Waals surface area contributed by atoms with Crippen molar-refractivity contribution in [3.63, 3.8) is 0 Å². The quantitative estimate of drug-likeness (QED) is 0.720. The van der Waals surface area contributed by atoms with Crippen molar-refractivity contribution in [3.05, 3.63) is 40.8 Å². The Hall–Kier alpha value is -1.15. The second-order valence-electron chi connectivity index (χ2n) is 3.67. The first kappa shape index (κ1) is 9.41. The van der Waals surface area contributed by atoms with Crippen molar-refractivity contribution in [1.82, 2.24) is 4.98 Å². The summed E-state index contributed by atoms with van der Waals surface area (Å²) in [6, 6.07) is 4.35. The third-order valence-corrected chi connectivity index (χ3v) is 2.96. The highest BCUT2D eigenvalue weighted by atomic mass is 32.1. The maximum absolute atomic E-state index is 4.27. The Morgan fingerprint density at radius 1 is 1.21 bits per heavy atom. The maximum atomic E-state index is 4.27. The molecular formula is C12H13NS. The van der Waals surface area contributed by atoms with Crippen molar-refractivity contribution < 1.29 is 0 Å². The summed E-state index contributed by atoms with van der Waals surface area (Å²) in [4.78, 5) is 4.27. The molecule has 0 aromatic carbocycles. The van der Waals surface area contributed by atoms with Gasteiger partial charge < -0.3 is 0 Å². The van der Waals surface area contributed by atoms with E-state index in [-0.39, 0.29) is 0 Å². The van der Waals surface area contributed by atoms with Gasteiger partial charge in [-0.05, 0) is 39.9 Å². The summed E-state index contributed by atoms with van der Waals surface area (Å²) in [5.41, 5.74) is 3.79. The molecule has 72 valence electrons. The van der Waals surface area contributed by atoms with Gasteiger partial charge in [-0.15, -0.1) is 0 Å². The molecule has 0 fully saturated rings. The van der Waals surface area contributed by atoms with Crippen LogP contribution in [0.2, 0.25) is 0 Å². The van der Waals surface area contributed by atoms with Crippen molar-refractivity contribution in [2.24, 2.45) is 0 Å². The van der Waals surface area contributed by atoms with Crippen LogP contribution in [0.1, 0.15) is 25.3 Å². The summed E-state index contributed by atoms with van der Waals surface area (Å²) < 4.78 is 0. The molecule has 0 aliphatic rings. The smallest absolute Gasteiger partial charge is 0.0346 e. The summed E-state index contributed by atoms with van der Waals surface area (Å²) in [5.74, 6) is 0.543. The van der Waals surface area contributed by atoms with Gasteiger partial charge in [0.25, 0.3) is 0 Å². The minimum atomic E-state index is 0.543. The molecule has 1 nitrogen and oxygen atoms in total. The Labute approximate surface area is 88.4 Å². The molecule has 2 heteroatoms. The van der Waals surface area contributed by atoms with E-state index >= 15 is 0 Å². The predicted octanol–water partition coefficient (Wildman–Crippen LogP) is 3.93. The largest absolute Gasteiger partial charge is 0.264 e. The summed E-state index contributed by atoms with van der Waals surface area (Å²) in [6.07, 6.45) is 3.87. The van der Waals surface area contributed by atoms with E-state index in [1.54, 1.807) is 11.3 Å². The van der Waals surface area contributed by atoms with E-state index in [1.807, 2.05) is 12.4 Å². The van der Waals surface area contributed by atoms with Crippen LogP contribution in [-0.4, -0.2) is 4.98 Å². The van der Waals surface area contributed by atoms with Crippen molar-refractivity contribution >= 4 is 11.3 Å². The van der Waals surface area contributed by atoms with Crippen LogP contribution in [-0.2, 0) is 0 Å². The van der Waals surface area contributed by atoms with E-state index in [0.717, 1.165) is 0 Å². The molecule has 0 spiro atoms. The van der Waals surface area contributed by atoms with Crippen LogP contribution in [0.15, 0.2) is 35.3 Å². The fourth-order valence-electron chi connectivity index (χ4n) is 1.36. The normalized spacial score (nSPS) is 10.8. The van der Waals surface area contributed by atoms with E-state index in [4.69, 9.17) is 0 Å². The number of thiophene rings is 1. The average molecular weight is 203 g/mol. The van der Waals surface area contributed by atoms with E-state index in [9.17, 15) is 0 Å². The number of rotatable bonds is 2. The van der Waals surface area contributed by atoms with Gasteiger partial charge in [0.05, 0.1) is 0 Å². The van der Waals surface area contributed by atoms with E-state index in [0.29, 0.717) is 5.92 Å². The molecule has 0 unspecified atom stereocenters. The zero-order valence-corrected chi connectivity index (χ0v) is 9.21. The van der Waals surface area contributed by atoms with Gasteiger partial charge in [-0.1, -0.05) is 13.8 Å². The predicted molar refractivity (Wildman–Crippen MR) is 61.6 cm³/mol. The lowest BCUT2D eigenvalue weighted by Gasteiger charge is -2.05. The minimum absolute atomic E-state index is 0.543. The van der Waals surface area contributed by atoms with Crippen molar-refractivity contribution in [1.29, 1.82) is 0 Å². The van der Waals surface area contributed by atoms with Crippen LogP contribution in [0.25, 0.3) is 11.1 Å². The molecule has 2 rings (SSSR count). The van der Waals surface area contributed by atoms with Crippen LogP contribution < -0.4 is 0 Å². The number of pyridine rings is 1. The van der Waals surface area contributed by atoms with Crippen molar-refractivity contribution in [2.75, 3.05) is 0 Å². The molecule has 0 radical (unpaired) electrons. The molecule has 0 aliphatic carbocycles. The number of hydrogen-bond donors (Lipinski definition) is 0. The maximum Gasteiger partial charge on any atom is 0.0346 e. The van der Waals surface area contributed by atoms with E-state index < -0.39 is 0 Å². The standard InChI is InChI=1S/C12H13NS/c1-9(2)11-5-12(7-13-6-11)10-3-4-14-8-10/h3-9H,1-2H3. The Morgan fingerprint density at radius 3 is 2.71 bits per heavy atom. The minimum Gasteiger partial charge on any atom is -0.264 e. The Balaban J connectivity index is 2.41. The summed E-state index contributed by atoms with van der Waals surface area (Å²) in [5, 5.41) is 4.25. The van der Waals surface area contributed by atoms with Crippen molar-refractivity contribution in [2.45, 2.75) is 19.8 Å². The van der Waals surface area contributed by atoms with Gasteiger partial charge in [0.2, 0.25) is 0 Å². The molecule has 0 amide bonds. The zero-order chi connectivity index (χ0) is 9.97. The zero-order valence-electron chi connectivity index (χ0n) is 8.40. The molecule has 14 heavy (non-hydrogen) atoms. The van der Waals surface area contributed by atoms with Crippen molar-refractivity contribution in [3.8, 4) is 11.1 Å². The Morgan fingerprint density at radius 2 is 2.07 bits per heavy atom. The van der Waals surface area contributed by atoms with E-state index in [1.165, 1.54) is 16.7 Å².